The van der Waals surface area contributed by atoms with Gasteiger partial charge >= 0.3 is 0 Å². The molecule has 1 atom stereocenters. The second-order valence-corrected chi connectivity index (χ2v) is 10.7. The minimum absolute atomic E-state index is 0.180. The van der Waals surface area contributed by atoms with Gasteiger partial charge in [0.15, 0.2) is 23.3 Å². The number of benzene rings is 1. The van der Waals surface area contributed by atoms with Gasteiger partial charge in [-0.15, -0.1) is 11.3 Å². The molecule has 4 aromatic heterocycles. The zero-order chi connectivity index (χ0) is 24.2. The van der Waals surface area contributed by atoms with Crippen molar-refractivity contribution in [3.63, 3.8) is 0 Å². The van der Waals surface area contributed by atoms with Gasteiger partial charge in [-0.25, -0.2) is 19.9 Å². The number of aromatic nitrogens is 5. The van der Waals surface area contributed by atoms with Crippen LogP contribution < -0.4 is 4.90 Å². The lowest BCUT2D eigenvalue weighted by Gasteiger charge is -2.20. The summed E-state index contributed by atoms with van der Waals surface area (Å²) in [7, 11) is 1.95. The molecule has 1 saturated carbocycles. The van der Waals surface area contributed by atoms with Crippen LogP contribution in [-0.4, -0.2) is 49.3 Å². The highest BCUT2D eigenvalue weighted by molar-refractivity contribution is 7.22. The average Bonchev–Trinajstić information content (AvgIpc) is 3.31. The van der Waals surface area contributed by atoms with E-state index in [1.807, 2.05) is 30.1 Å². The van der Waals surface area contributed by atoms with Gasteiger partial charge in [0.2, 0.25) is 0 Å². The molecule has 5 aromatic rings. The van der Waals surface area contributed by atoms with Gasteiger partial charge in [-0.3, -0.25) is 0 Å². The lowest BCUT2D eigenvalue weighted by molar-refractivity contribution is 0.238. The molecule has 2 aliphatic rings. The smallest absolute Gasteiger partial charge is 0.199 e. The van der Waals surface area contributed by atoms with Crippen LogP contribution in [0, 0.1) is 5.92 Å². The summed E-state index contributed by atoms with van der Waals surface area (Å²) in [5.74, 6) is 4.49. The van der Waals surface area contributed by atoms with Gasteiger partial charge in [0, 0.05) is 56.5 Å². The molecule has 0 radical (unpaired) electrons. The Balaban J connectivity index is 1.50. The van der Waals surface area contributed by atoms with Crippen molar-refractivity contribution in [2.45, 2.75) is 25.2 Å². The standard InChI is InChI=1S/C27H26N6O2S/c1-32-12-10-28-25(32)23-30-24(33-11-9-16(14-33)15-34)21-20(17-5-3-2-4-6-17)22(36-27(21)31-23)19-13-29-26(35-19)18-7-8-18/h2-6,10,12-13,16,18,34H,7-9,11,14-15H2,1H3. The molecular formula is C27H26N6O2S. The Bertz CT molecular complexity index is 1550. The summed E-state index contributed by atoms with van der Waals surface area (Å²) in [5.41, 5.74) is 2.17. The van der Waals surface area contributed by atoms with Gasteiger partial charge in [0.25, 0.3) is 0 Å². The summed E-state index contributed by atoms with van der Waals surface area (Å²) in [6, 6.07) is 10.4. The van der Waals surface area contributed by atoms with Crippen molar-refractivity contribution < 1.29 is 9.52 Å². The second kappa shape index (κ2) is 8.53. The van der Waals surface area contributed by atoms with Gasteiger partial charge < -0.3 is 19.0 Å². The summed E-state index contributed by atoms with van der Waals surface area (Å²) in [6.07, 6.45) is 8.75. The van der Waals surface area contributed by atoms with Crippen molar-refractivity contribution in [3.8, 4) is 33.4 Å². The number of aliphatic hydroxyl groups excluding tert-OH is 1. The molecule has 1 aliphatic heterocycles. The van der Waals surface area contributed by atoms with E-state index >= 15 is 0 Å². The van der Waals surface area contributed by atoms with Crippen molar-refractivity contribution in [2.75, 3.05) is 24.6 Å². The third-order valence-corrected chi connectivity index (χ3v) is 8.23. The van der Waals surface area contributed by atoms with Crippen LogP contribution in [0.4, 0.5) is 5.82 Å². The molecule has 1 unspecified atom stereocenters. The molecule has 1 saturated heterocycles. The first kappa shape index (κ1) is 21.7. The molecule has 36 heavy (non-hydrogen) atoms. The number of anilines is 1. The van der Waals surface area contributed by atoms with Crippen molar-refractivity contribution in [3.05, 3.63) is 54.8 Å². The minimum atomic E-state index is 0.180. The monoisotopic (exact) mass is 498 g/mol. The first-order chi connectivity index (χ1) is 17.7. The Kier molecular flexibility index (Phi) is 5.14. The fraction of sp³-hybridized carbons (Fsp3) is 0.333. The molecule has 5 heterocycles. The number of hydrogen-bond donors (Lipinski definition) is 1. The number of imidazole rings is 1. The molecule has 1 aromatic carbocycles. The Morgan fingerprint density at radius 2 is 1.97 bits per heavy atom. The van der Waals surface area contributed by atoms with E-state index in [0.717, 1.165) is 81.9 Å². The maximum Gasteiger partial charge on any atom is 0.199 e. The van der Waals surface area contributed by atoms with Crippen molar-refractivity contribution in [1.82, 2.24) is 24.5 Å². The first-order valence-electron chi connectivity index (χ1n) is 12.4. The number of hydrogen-bond acceptors (Lipinski definition) is 8. The highest BCUT2D eigenvalue weighted by Gasteiger charge is 2.32. The maximum absolute atomic E-state index is 9.83. The lowest BCUT2D eigenvalue weighted by atomic mass is 10.0. The SMILES string of the molecule is Cn1ccnc1-c1nc(N2CCC(CO)C2)c2c(-c3ccccc3)c(-c3cnc(C4CC4)o3)sc2n1. The highest BCUT2D eigenvalue weighted by Crippen LogP contribution is 2.49. The van der Waals surface area contributed by atoms with Crippen LogP contribution in [0.1, 0.15) is 31.1 Å². The first-order valence-corrected chi connectivity index (χ1v) is 13.2. The molecule has 2 fully saturated rings. The molecule has 0 amide bonds. The van der Waals surface area contributed by atoms with Crippen LogP contribution in [0.5, 0.6) is 0 Å². The van der Waals surface area contributed by atoms with Crippen LogP contribution in [-0.2, 0) is 7.05 Å². The molecule has 9 heteroatoms. The van der Waals surface area contributed by atoms with Crippen LogP contribution in [0.25, 0.3) is 43.6 Å². The predicted molar refractivity (Wildman–Crippen MR) is 140 cm³/mol. The summed E-state index contributed by atoms with van der Waals surface area (Å²) in [4.78, 5) is 23.4. The van der Waals surface area contributed by atoms with Gasteiger partial charge in [-0.2, -0.15) is 0 Å². The predicted octanol–water partition coefficient (Wildman–Crippen LogP) is 5.11. The fourth-order valence-corrected chi connectivity index (χ4v) is 6.17. The van der Waals surface area contributed by atoms with Crippen LogP contribution in [0.15, 0.2) is 53.3 Å². The third kappa shape index (κ3) is 3.61. The van der Waals surface area contributed by atoms with E-state index < -0.39 is 0 Å². The summed E-state index contributed by atoms with van der Waals surface area (Å²) in [6.45, 7) is 1.78. The zero-order valence-corrected chi connectivity index (χ0v) is 20.8. The number of oxazole rings is 1. The molecule has 1 aliphatic carbocycles. The average molecular weight is 499 g/mol. The number of fused-ring (bicyclic) bond motifs is 1. The molecule has 182 valence electrons. The zero-order valence-electron chi connectivity index (χ0n) is 20.0. The Morgan fingerprint density at radius 1 is 1.11 bits per heavy atom. The van der Waals surface area contributed by atoms with E-state index in [1.165, 1.54) is 0 Å². The number of rotatable bonds is 6. The van der Waals surface area contributed by atoms with E-state index in [4.69, 9.17) is 14.4 Å². The molecule has 7 rings (SSSR count). The molecule has 0 spiro atoms. The Hall–Kier alpha value is -3.56. The number of aliphatic hydroxyl groups is 1. The molecular weight excluding hydrogens is 472 g/mol. The second-order valence-electron chi connectivity index (χ2n) is 9.71. The summed E-state index contributed by atoms with van der Waals surface area (Å²) >= 11 is 1.62. The van der Waals surface area contributed by atoms with E-state index in [-0.39, 0.29) is 12.5 Å². The number of thiophene rings is 1. The molecule has 0 bridgehead atoms. The highest BCUT2D eigenvalue weighted by atomic mass is 32.1. The van der Waals surface area contributed by atoms with Crippen LogP contribution in [0.3, 0.4) is 0 Å². The van der Waals surface area contributed by atoms with Crippen molar-refractivity contribution in [1.29, 1.82) is 0 Å². The number of aryl methyl sites for hydroxylation is 1. The molecule has 1 N–H and O–H groups in total. The molecule has 8 nitrogen and oxygen atoms in total. The van der Waals surface area contributed by atoms with Gasteiger partial charge in [-0.05, 0) is 24.8 Å². The van der Waals surface area contributed by atoms with Crippen molar-refractivity contribution >= 4 is 27.4 Å². The topological polar surface area (TPSA) is 93.1 Å². The van der Waals surface area contributed by atoms with Crippen LogP contribution in [0.2, 0.25) is 0 Å². The van der Waals surface area contributed by atoms with Gasteiger partial charge in [0.1, 0.15) is 10.6 Å². The maximum atomic E-state index is 9.83. The summed E-state index contributed by atoms with van der Waals surface area (Å²) in [5, 5.41) is 10.8. The quantitative estimate of drug-likeness (QED) is 0.348. The third-order valence-electron chi connectivity index (χ3n) is 7.13. The summed E-state index contributed by atoms with van der Waals surface area (Å²) < 4.78 is 8.24. The van der Waals surface area contributed by atoms with Gasteiger partial charge in [0.05, 0.1) is 16.5 Å². The van der Waals surface area contributed by atoms with E-state index in [0.29, 0.717) is 11.7 Å². The van der Waals surface area contributed by atoms with Gasteiger partial charge in [-0.1, -0.05) is 30.3 Å². The van der Waals surface area contributed by atoms with Crippen molar-refractivity contribution in [2.24, 2.45) is 13.0 Å². The van der Waals surface area contributed by atoms with E-state index in [9.17, 15) is 5.11 Å². The van der Waals surface area contributed by atoms with E-state index in [2.05, 4.69) is 39.1 Å². The van der Waals surface area contributed by atoms with Crippen LogP contribution >= 0.6 is 11.3 Å². The Morgan fingerprint density at radius 3 is 2.69 bits per heavy atom. The normalized spacial score (nSPS) is 17.9. The minimum Gasteiger partial charge on any atom is -0.440 e. The largest absolute Gasteiger partial charge is 0.440 e. The fourth-order valence-electron chi connectivity index (χ4n) is 5.03. The van der Waals surface area contributed by atoms with E-state index in [1.54, 1.807) is 17.5 Å². The number of nitrogens with zero attached hydrogens (tertiary/aromatic N) is 6. The Labute approximate surface area is 212 Å². The lowest BCUT2D eigenvalue weighted by Crippen LogP contribution is -2.22.